The van der Waals surface area contributed by atoms with Crippen LogP contribution in [0.1, 0.15) is 5.56 Å². The van der Waals surface area contributed by atoms with Crippen LogP contribution in [0.25, 0.3) is 21.0 Å². The van der Waals surface area contributed by atoms with E-state index in [1.54, 1.807) is 16.7 Å². The highest BCUT2D eigenvalue weighted by molar-refractivity contribution is 7.16. The van der Waals surface area contributed by atoms with Crippen LogP contribution in [0.2, 0.25) is 10.0 Å². The van der Waals surface area contributed by atoms with E-state index in [2.05, 4.69) is 4.99 Å². The second-order valence-corrected chi connectivity index (χ2v) is 8.37. The van der Waals surface area contributed by atoms with Crippen LogP contribution in [0.5, 0.6) is 0 Å². The molecular formula is C22H16Cl2N2O3S. The Balaban J connectivity index is 1.79. The van der Waals surface area contributed by atoms with E-state index in [0.29, 0.717) is 20.4 Å². The molecule has 0 unspecified atom stereocenters. The van der Waals surface area contributed by atoms with Crippen molar-refractivity contribution in [1.82, 2.24) is 4.57 Å². The molecule has 4 aromatic rings. The number of hydrogen-bond donors (Lipinski definition) is 0. The van der Waals surface area contributed by atoms with Gasteiger partial charge < -0.3 is 9.30 Å². The third-order valence-electron chi connectivity index (χ3n) is 4.69. The van der Waals surface area contributed by atoms with Crippen LogP contribution in [-0.4, -0.2) is 23.6 Å². The second-order valence-electron chi connectivity index (χ2n) is 6.58. The molecule has 3 aromatic carbocycles. The summed E-state index contributed by atoms with van der Waals surface area (Å²) < 4.78 is 7.13. The minimum atomic E-state index is -0.478. The summed E-state index contributed by atoms with van der Waals surface area (Å²) in [6.45, 7) is -0.128. The number of halogens is 2. The lowest BCUT2D eigenvalue weighted by Gasteiger charge is -2.06. The topological polar surface area (TPSA) is 60.7 Å². The minimum absolute atomic E-state index is 0.128. The summed E-state index contributed by atoms with van der Waals surface area (Å²) in [6.07, 6.45) is 0.141. The van der Waals surface area contributed by atoms with Crippen LogP contribution >= 0.6 is 34.5 Å². The molecule has 0 aliphatic carbocycles. The summed E-state index contributed by atoms with van der Waals surface area (Å²) in [7, 11) is 1.30. The van der Waals surface area contributed by atoms with Crippen LogP contribution in [-0.2, 0) is 27.3 Å². The third kappa shape index (κ3) is 3.99. The number of fused-ring (bicyclic) bond motifs is 2. The predicted octanol–water partition coefficient (Wildman–Crippen LogP) is 5.01. The number of hydrogen-bond acceptors (Lipinski definition) is 4. The van der Waals surface area contributed by atoms with Gasteiger partial charge in [-0.05, 0) is 28.5 Å². The zero-order valence-electron chi connectivity index (χ0n) is 15.9. The average molecular weight is 459 g/mol. The van der Waals surface area contributed by atoms with Gasteiger partial charge in [-0.15, -0.1) is 0 Å². The maximum absolute atomic E-state index is 12.8. The van der Waals surface area contributed by atoms with Gasteiger partial charge in [-0.1, -0.05) is 77.0 Å². The van der Waals surface area contributed by atoms with Crippen molar-refractivity contribution in [3.8, 4) is 0 Å². The van der Waals surface area contributed by atoms with E-state index < -0.39 is 5.97 Å². The predicted molar refractivity (Wildman–Crippen MR) is 120 cm³/mol. The van der Waals surface area contributed by atoms with Gasteiger partial charge >= 0.3 is 5.97 Å². The van der Waals surface area contributed by atoms with E-state index in [1.807, 2.05) is 42.5 Å². The molecule has 0 aliphatic rings. The summed E-state index contributed by atoms with van der Waals surface area (Å²) in [5, 5.41) is 2.73. The summed E-state index contributed by atoms with van der Waals surface area (Å²) in [6, 6.07) is 17.2. The second kappa shape index (κ2) is 8.60. The van der Waals surface area contributed by atoms with E-state index in [9.17, 15) is 9.59 Å². The van der Waals surface area contributed by atoms with Gasteiger partial charge in [0.15, 0.2) is 4.80 Å². The quantitative estimate of drug-likeness (QED) is 0.404. The van der Waals surface area contributed by atoms with Crippen LogP contribution in [0.15, 0.2) is 59.6 Å². The number of benzene rings is 3. The molecule has 30 heavy (non-hydrogen) atoms. The molecule has 4 rings (SSSR count). The van der Waals surface area contributed by atoms with Gasteiger partial charge in [0.05, 0.1) is 33.8 Å². The van der Waals surface area contributed by atoms with Gasteiger partial charge in [0.25, 0.3) is 5.91 Å². The standard InChI is InChI=1S/C22H16Cl2N2O3S/c1-29-19(28)12-26-21-17(10-9-16(23)20(21)24)30-22(26)25-18(27)11-14-7-4-6-13-5-2-3-8-15(13)14/h2-10H,11-12H2,1H3. The van der Waals surface area contributed by atoms with Gasteiger partial charge in [0, 0.05) is 0 Å². The lowest BCUT2D eigenvalue weighted by molar-refractivity contribution is -0.141. The Morgan fingerprint density at radius 3 is 2.63 bits per heavy atom. The highest BCUT2D eigenvalue weighted by Crippen LogP contribution is 2.32. The van der Waals surface area contributed by atoms with Gasteiger partial charge in [-0.2, -0.15) is 4.99 Å². The monoisotopic (exact) mass is 458 g/mol. The van der Waals surface area contributed by atoms with E-state index in [1.165, 1.54) is 18.4 Å². The van der Waals surface area contributed by atoms with Crippen molar-refractivity contribution in [2.75, 3.05) is 7.11 Å². The van der Waals surface area contributed by atoms with Crippen LogP contribution in [0, 0.1) is 0 Å². The van der Waals surface area contributed by atoms with Crippen LogP contribution in [0.4, 0.5) is 0 Å². The Labute approximate surface area is 186 Å². The molecule has 0 aliphatic heterocycles. The van der Waals surface area contributed by atoms with Crippen molar-refractivity contribution in [2.45, 2.75) is 13.0 Å². The molecule has 0 saturated heterocycles. The van der Waals surface area contributed by atoms with Crippen molar-refractivity contribution >= 4 is 67.4 Å². The number of thiazole rings is 1. The molecule has 0 saturated carbocycles. The molecule has 152 valence electrons. The van der Waals surface area contributed by atoms with Crippen molar-refractivity contribution < 1.29 is 14.3 Å². The first-order valence-corrected chi connectivity index (χ1v) is 10.6. The number of ether oxygens (including phenoxy) is 1. The number of amides is 1. The molecule has 0 bridgehead atoms. The fraction of sp³-hybridized carbons (Fsp3) is 0.136. The maximum Gasteiger partial charge on any atom is 0.325 e. The summed E-state index contributed by atoms with van der Waals surface area (Å²) in [5.41, 5.74) is 1.44. The number of methoxy groups -OCH3 is 1. The number of aromatic nitrogens is 1. The average Bonchev–Trinajstić information content (AvgIpc) is 3.08. The minimum Gasteiger partial charge on any atom is -0.468 e. The number of carbonyl (C=O) groups excluding carboxylic acids is 2. The molecule has 0 spiro atoms. The lowest BCUT2D eigenvalue weighted by atomic mass is 10.0. The molecule has 1 aromatic heterocycles. The fourth-order valence-corrected chi connectivity index (χ4v) is 4.81. The van der Waals surface area contributed by atoms with Gasteiger partial charge in [0.1, 0.15) is 6.54 Å². The van der Waals surface area contributed by atoms with Crippen LogP contribution < -0.4 is 4.80 Å². The summed E-state index contributed by atoms with van der Waals surface area (Å²) in [5.74, 6) is -0.799. The molecule has 0 atom stereocenters. The summed E-state index contributed by atoms with van der Waals surface area (Å²) >= 11 is 13.8. The highest BCUT2D eigenvalue weighted by Gasteiger charge is 2.16. The zero-order chi connectivity index (χ0) is 21.3. The number of nitrogens with zero attached hydrogens (tertiary/aromatic N) is 2. The van der Waals surface area contributed by atoms with Gasteiger partial charge in [-0.25, -0.2) is 0 Å². The Morgan fingerprint density at radius 1 is 1.07 bits per heavy atom. The smallest absolute Gasteiger partial charge is 0.325 e. The van der Waals surface area contributed by atoms with E-state index in [0.717, 1.165) is 21.0 Å². The first-order valence-electron chi connectivity index (χ1n) is 9.06. The Bertz CT molecular complexity index is 1350. The van der Waals surface area contributed by atoms with Gasteiger partial charge in [0.2, 0.25) is 0 Å². The molecular weight excluding hydrogens is 443 g/mol. The number of rotatable bonds is 4. The Morgan fingerprint density at radius 2 is 1.83 bits per heavy atom. The van der Waals surface area contributed by atoms with Gasteiger partial charge in [-0.3, -0.25) is 9.59 Å². The molecule has 1 amide bonds. The van der Waals surface area contributed by atoms with Crippen molar-refractivity contribution in [1.29, 1.82) is 0 Å². The lowest BCUT2D eigenvalue weighted by Crippen LogP contribution is -2.23. The summed E-state index contributed by atoms with van der Waals surface area (Å²) in [4.78, 5) is 29.4. The molecule has 0 fully saturated rings. The zero-order valence-corrected chi connectivity index (χ0v) is 18.2. The largest absolute Gasteiger partial charge is 0.468 e. The Hall–Kier alpha value is -2.67. The van der Waals surface area contributed by atoms with Crippen molar-refractivity contribution in [3.63, 3.8) is 0 Å². The number of esters is 1. The van der Waals surface area contributed by atoms with Crippen molar-refractivity contribution in [3.05, 3.63) is 75.0 Å². The van der Waals surface area contributed by atoms with E-state index >= 15 is 0 Å². The molecule has 0 N–H and O–H groups in total. The normalized spacial score (nSPS) is 11.9. The molecule has 8 heteroatoms. The first-order chi connectivity index (χ1) is 14.5. The highest BCUT2D eigenvalue weighted by atomic mass is 35.5. The SMILES string of the molecule is COC(=O)Cn1c(=NC(=O)Cc2cccc3ccccc23)sc2ccc(Cl)c(Cl)c21. The van der Waals surface area contributed by atoms with E-state index in [4.69, 9.17) is 27.9 Å². The first kappa shape index (κ1) is 20.6. The maximum atomic E-state index is 12.8. The molecule has 1 heterocycles. The number of carbonyl (C=O) groups is 2. The molecule has 5 nitrogen and oxygen atoms in total. The fourth-order valence-electron chi connectivity index (χ4n) is 3.28. The molecule has 0 radical (unpaired) electrons. The Kier molecular flexibility index (Phi) is 5.90. The third-order valence-corrected chi connectivity index (χ3v) is 6.53. The van der Waals surface area contributed by atoms with Crippen molar-refractivity contribution in [2.24, 2.45) is 4.99 Å². The van der Waals surface area contributed by atoms with Crippen LogP contribution in [0.3, 0.4) is 0 Å². The van der Waals surface area contributed by atoms with E-state index in [-0.39, 0.29) is 18.9 Å².